The van der Waals surface area contributed by atoms with Crippen molar-refractivity contribution in [1.82, 2.24) is 9.13 Å². The molecule has 0 fully saturated rings. The van der Waals surface area contributed by atoms with E-state index in [-0.39, 0.29) is 0 Å². The lowest BCUT2D eigenvalue weighted by atomic mass is 10.1. The van der Waals surface area contributed by atoms with Crippen LogP contribution in [0, 0.1) is 0 Å². The van der Waals surface area contributed by atoms with Gasteiger partial charge in [0.25, 0.3) is 0 Å². The van der Waals surface area contributed by atoms with Crippen molar-refractivity contribution >= 4 is 120 Å². The van der Waals surface area contributed by atoms with Crippen LogP contribution in [-0.4, -0.2) is 9.13 Å². The van der Waals surface area contributed by atoms with Crippen molar-refractivity contribution in [3.8, 4) is 11.4 Å². The van der Waals surface area contributed by atoms with Gasteiger partial charge in [0, 0.05) is 87.2 Å². The molecule has 10 aromatic carbocycles. The summed E-state index contributed by atoms with van der Waals surface area (Å²) in [5, 5.41) is 8.20. The van der Waals surface area contributed by atoms with Gasteiger partial charge in [0.2, 0.25) is 5.71 Å². The second-order valence-electron chi connectivity index (χ2n) is 17.3. The number of para-hydroxylation sites is 5. The predicted molar refractivity (Wildman–Crippen MR) is 287 cm³/mol. The number of thiophene rings is 1. The molecule has 0 amide bonds. The van der Waals surface area contributed by atoms with Gasteiger partial charge in [-0.3, -0.25) is 4.57 Å². The molecule has 4 heterocycles. The SMILES string of the molecule is c1ccc(N(c2ccccc2)c2ccc3oc4c(c3c2)c2ccc(N(c3ccc5sc6ccccc6c5c3)c3ccc5c(c3)c3ccccc3n5-c3ccccc3)cc2n4-c2ccccc2)cc1. The first-order valence-electron chi connectivity index (χ1n) is 23.0. The Morgan fingerprint density at radius 2 is 0.809 bits per heavy atom. The van der Waals surface area contributed by atoms with E-state index in [9.17, 15) is 0 Å². The maximum Gasteiger partial charge on any atom is 0.213 e. The summed E-state index contributed by atoms with van der Waals surface area (Å²) in [6, 6.07) is 87.3. The maximum absolute atomic E-state index is 6.98. The molecule has 0 radical (unpaired) electrons. The first-order valence-corrected chi connectivity index (χ1v) is 23.8. The third-order valence-electron chi connectivity index (χ3n) is 13.5. The van der Waals surface area contributed by atoms with E-state index in [2.05, 4.69) is 262 Å². The Labute approximate surface area is 395 Å². The highest BCUT2D eigenvalue weighted by Gasteiger charge is 2.24. The third kappa shape index (κ3) is 6.01. The summed E-state index contributed by atoms with van der Waals surface area (Å²) in [5.74, 6) is 0. The highest BCUT2D eigenvalue weighted by atomic mass is 32.1. The van der Waals surface area contributed by atoms with Crippen molar-refractivity contribution in [2.45, 2.75) is 0 Å². The lowest BCUT2D eigenvalue weighted by molar-refractivity contribution is 0.645. The van der Waals surface area contributed by atoms with Crippen LogP contribution in [-0.2, 0) is 0 Å². The Morgan fingerprint density at radius 3 is 1.53 bits per heavy atom. The minimum Gasteiger partial charge on any atom is -0.439 e. The van der Waals surface area contributed by atoms with Crippen LogP contribution in [0.1, 0.15) is 0 Å². The van der Waals surface area contributed by atoms with Gasteiger partial charge < -0.3 is 18.8 Å². The number of furan rings is 1. The standard InChI is InChI=1S/C62H40N4OS/c1-5-17-41(18-6-1)63(42-19-7-2-8-20-42)46-31-35-58-54(39-46)61-51-33-29-48(40-57(51)66(62(61)67-58)44-23-11-4-12-24-44)64(47-32-36-60-53(38-47)50-26-14-16-28-59(50)68-60)45-30-34-56-52(37-45)49-25-13-15-27-55(49)65(56)43-21-9-3-10-22-43/h1-40H. The van der Waals surface area contributed by atoms with Gasteiger partial charge in [0.05, 0.1) is 21.9 Å². The fourth-order valence-electron chi connectivity index (χ4n) is 10.5. The second kappa shape index (κ2) is 15.4. The van der Waals surface area contributed by atoms with Crippen molar-refractivity contribution in [3.05, 3.63) is 243 Å². The number of benzene rings is 10. The molecule has 0 spiro atoms. The van der Waals surface area contributed by atoms with Crippen molar-refractivity contribution in [3.63, 3.8) is 0 Å². The minimum absolute atomic E-state index is 0.814. The summed E-state index contributed by atoms with van der Waals surface area (Å²) >= 11 is 1.85. The first kappa shape index (κ1) is 38.4. The molecule has 0 aliphatic heterocycles. The summed E-state index contributed by atoms with van der Waals surface area (Å²) in [4.78, 5) is 4.74. The van der Waals surface area contributed by atoms with E-state index in [1.807, 2.05) is 11.3 Å². The molecule has 0 atom stereocenters. The average Bonchev–Trinajstić information content (AvgIpc) is 4.14. The molecule has 68 heavy (non-hydrogen) atoms. The van der Waals surface area contributed by atoms with Crippen LogP contribution in [0.5, 0.6) is 0 Å². The molecule has 0 bridgehead atoms. The first-order chi connectivity index (χ1) is 33.7. The highest BCUT2D eigenvalue weighted by molar-refractivity contribution is 7.25. The van der Waals surface area contributed by atoms with Crippen LogP contribution in [0.15, 0.2) is 247 Å². The van der Waals surface area contributed by atoms with E-state index in [0.717, 1.165) is 78.5 Å². The smallest absolute Gasteiger partial charge is 0.213 e. The number of aromatic nitrogens is 2. The molecule has 320 valence electrons. The van der Waals surface area contributed by atoms with Crippen LogP contribution in [0.4, 0.5) is 34.1 Å². The number of rotatable bonds is 8. The van der Waals surface area contributed by atoms with Crippen LogP contribution >= 0.6 is 11.3 Å². The van der Waals surface area contributed by atoms with E-state index < -0.39 is 0 Å². The Balaban J connectivity index is 1.02. The molecule has 0 aliphatic rings. The monoisotopic (exact) mass is 888 g/mol. The van der Waals surface area contributed by atoms with Crippen molar-refractivity contribution in [2.24, 2.45) is 0 Å². The minimum atomic E-state index is 0.814. The molecular weight excluding hydrogens is 849 g/mol. The zero-order valence-corrected chi connectivity index (χ0v) is 37.5. The average molecular weight is 889 g/mol. The number of hydrogen-bond donors (Lipinski definition) is 0. The van der Waals surface area contributed by atoms with Gasteiger partial charge in [-0.15, -0.1) is 11.3 Å². The molecule has 14 aromatic rings. The lowest BCUT2D eigenvalue weighted by Gasteiger charge is -2.26. The quantitative estimate of drug-likeness (QED) is 0.152. The number of hydrogen-bond acceptors (Lipinski definition) is 4. The molecule has 0 N–H and O–H groups in total. The molecule has 6 heteroatoms. The Bertz CT molecular complexity index is 4170. The Hall–Kier alpha value is -8.84. The predicted octanol–water partition coefficient (Wildman–Crippen LogP) is 17.9. The summed E-state index contributed by atoms with van der Waals surface area (Å²) < 4.78 is 14.2. The number of anilines is 6. The van der Waals surface area contributed by atoms with Crippen LogP contribution in [0.25, 0.3) is 86.3 Å². The Kier molecular flexibility index (Phi) is 8.69. The van der Waals surface area contributed by atoms with Crippen molar-refractivity contribution in [2.75, 3.05) is 9.80 Å². The van der Waals surface area contributed by atoms with Crippen LogP contribution in [0.2, 0.25) is 0 Å². The van der Waals surface area contributed by atoms with Crippen LogP contribution in [0.3, 0.4) is 0 Å². The molecule has 4 aromatic heterocycles. The number of fused-ring (bicyclic) bond motifs is 11. The highest BCUT2D eigenvalue weighted by Crippen LogP contribution is 2.47. The largest absolute Gasteiger partial charge is 0.439 e. The van der Waals surface area contributed by atoms with E-state index in [1.54, 1.807) is 0 Å². The zero-order valence-electron chi connectivity index (χ0n) is 36.7. The second-order valence-corrected chi connectivity index (χ2v) is 18.4. The summed E-state index contributed by atoms with van der Waals surface area (Å²) in [6.45, 7) is 0. The van der Waals surface area contributed by atoms with Gasteiger partial charge in [-0.05, 0) is 133 Å². The summed E-state index contributed by atoms with van der Waals surface area (Å²) in [6.07, 6.45) is 0. The third-order valence-corrected chi connectivity index (χ3v) is 14.6. The molecule has 0 aliphatic carbocycles. The molecule has 0 saturated heterocycles. The van der Waals surface area contributed by atoms with Gasteiger partial charge in [-0.2, -0.15) is 0 Å². The number of nitrogens with zero attached hydrogens (tertiary/aromatic N) is 4. The normalized spacial score (nSPS) is 11.8. The van der Waals surface area contributed by atoms with E-state index in [4.69, 9.17) is 4.42 Å². The van der Waals surface area contributed by atoms with Gasteiger partial charge in [-0.1, -0.05) is 109 Å². The Morgan fingerprint density at radius 1 is 0.309 bits per heavy atom. The summed E-state index contributed by atoms with van der Waals surface area (Å²) in [5.41, 5.74) is 13.7. The van der Waals surface area contributed by atoms with Crippen LogP contribution < -0.4 is 9.80 Å². The van der Waals surface area contributed by atoms with E-state index in [1.165, 1.54) is 42.0 Å². The molecule has 5 nitrogen and oxygen atoms in total. The fourth-order valence-corrected chi connectivity index (χ4v) is 11.6. The van der Waals surface area contributed by atoms with Gasteiger partial charge >= 0.3 is 0 Å². The fraction of sp³-hybridized carbons (Fsp3) is 0. The molecule has 14 rings (SSSR count). The lowest BCUT2D eigenvalue weighted by Crippen LogP contribution is -2.10. The summed E-state index contributed by atoms with van der Waals surface area (Å²) in [7, 11) is 0. The maximum atomic E-state index is 6.98. The molecular formula is C62H40N4OS. The van der Waals surface area contributed by atoms with Crippen molar-refractivity contribution < 1.29 is 4.42 Å². The van der Waals surface area contributed by atoms with E-state index in [0.29, 0.717) is 0 Å². The van der Waals surface area contributed by atoms with Gasteiger partial charge in [0.15, 0.2) is 0 Å². The van der Waals surface area contributed by atoms with Gasteiger partial charge in [0.1, 0.15) is 5.58 Å². The van der Waals surface area contributed by atoms with E-state index >= 15 is 0 Å². The molecule has 0 saturated carbocycles. The molecule has 0 unspecified atom stereocenters. The zero-order chi connectivity index (χ0) is 44.7. The van der Waals surface area contributed by atoms with Crippen molar-refractivity contribution in [1.29, 1.82) is 0 Å². The topological polar surface area (TPSA) is 29.5 Å². The van der Waals surface area contributed by atoms with Gasteiger partial charge in [-0.25, -0.2) is 0 Å².